The van der Waals surface area contributed by atoms with Crippen molar-refractivity contribution in [3.05, 3.63) is 0 Å². The summed E-state index contributed by atoms with van der Waals surface area (Å²) < 4.78 is 0. The maximum Gasteiger partial charge on any atom is 0.226 e. The number of amides is 1. The lowest BCUT2D eigenvalue weighted by Crippen LogP contribution is -2.51. The van der Waals surface area contributed by atoms with E-state index < -0.39 is 0 Å². The van der Waals surface area contributed by atoms with Gasteiger partial charge in [-0.2, -0.15) is 0 Å². The predicted molar refractivity (Wildman–Crippen MR) is 67.2 cm³/mol. The van der Waals surface area contributed by atoms with Gasteiger partial charge in [0.15, 0.2) is 0 Å². The third kappa shape index (κ3) is 2.97. The van der Waals surface area contributed by atoms with Crippen molar-refractivity contribution in [2.45, 2.75) is 40.2 Å². The molecule has 0 bridgehead atoms. The second kappa shape index (κ2) is 5.67. The van der Waals surface area contributed by atoms with Crippen molar-refractivity contribution in [2.75, 3.05) is 20.1 Å². The third-order valence-corrected chi connectivity index (χ3v) is 3.81. The Labute approximate surface area is 99.6 Å². The van der Waals surface area contributed by atoms with Gasteiger partial charge in [-0.25, -0.2) is 0 Å². The van der Waals surface area contributed by atoms with Gasteiger partial charge < -0.3 is 10.2 Å². The van der Waals surface area contributed by atoms with Crippen LogP contribution in [0.5, 0.6) is 0 Å². The predicted octanol–water partition coefficient (Wildman–Crippen LogP) is 1.73. The molecule has 16 heavy (non-hydrogen) atoms. The fraction of sp³-hybridized carbons (Fsp3) is 0.923. The Bertz CT molecular complexity index is 242. The van der Waals surface area contributed by atoms with Crippen LogP contribution in [0.3, 0.4) is 0 Å². The number of nitrogens with one attached hydrogen (secondary N) is 1. The van der Waals surface area contributed by atoms with Crippen LogP contribution < -0.4 is 5.32 Å². The molecule has 1 aliphatic heterocycles. The molecule has 0 radical (unpaired) electrons. The van der Waals surface area contributed by atoms with Gasteiger partial charge in [0.05, 0.1) is 0 Å². The number of likely N-dealkylation sites (tertiary alicyclic amines) is 1. The van der Waals surface area contributed by atoms with Gasteiger partial charge >= 0.3 is 0 Å². The summed E-state index contributed by atoms with van der Waals surface area (Å²) in [6.45, 7) is 10.4. The van der Waals surface area contributed by atoms with E-state index >= 15 is 0 Å². The van der Waals surface area contributed by atoms with Crippen molar-refractivity contribution < 1.29 is 4.79 Å². The molecule has 0 saturated carbocycles. The lowest BCUT2D eigenvalue weighted by Gasteiger charge is -2.42. The highest BCUT2D eigenvalue weighted by Crippen LogP contribution is 2.27. The first-order chi connectivity index (χ1) is 7.47. The SMILES string of the molecule is CNCC(C)C(=O)N1CC(C)CC(C)C1C. The molecule has 94 valence electrons. The Balaban J connectivity index is 2.66. The van der Waals surface area contributed by atoms with Gasteiger partial charge in [-0.15, -0.1) is 0 Å². The zero-order valence-corrected chi connectivity index (χ0v) is 11.3. The number of hydrogen-bond acceptors (Lipinski definition) is 2. The molecule has 1 rings (SSSR count). The van der Waals surface area contributed by atoms with Gasteiger partial charge in [0.2, 0.25) is 5.91 Å². The van der Waals surface area contributed by atoms with E-state index in [2.05, 4.69) is 31.0 Å². The fourth-order valence-electron chi connectivity index (χ4n) is 2.68. The van der Waals surface area contributed by atoms with E-state index in [-0.39, 0.29) is 5.92 Å². The van der Waals surface area contributed by atoms with E-state index in [1.165, 1.54) is 6.42 Å². The summed E-state index contributed by atoms with van der Waals surface area (Å²) in [5, 5.41) is 3.08. The molecule has 3 nitrogen and oxygen atoms in total. The number of nitrogens with zero attached hydrogens (tertiary/aromatic N) is 1. The van der Waals surface area contributed by atoms with E-state index in [0.29, 0.717) is 23.8 Å². The normalized spacial score (nSPS) is 32.6. The molecule has 0 aromatic carbocycles. The quantitative estimate of drug-likeness (QED) is 0.795. The van der Waals surface area contributed by atoms with Crippen LogP contribution in [-0.2, 0) is 4.79 Å². The molecule has 0 spiro atoms. The Morgan fingerprint density at radius 3 is 2.62 bits per heavy atom. The summed E-state index contributed by atoms with van der Waals surface area (Å²) in [5.74, 6) is 1.65. The Hall–Kier alpha value is -0.570. The largest absolute Gasteiger partial charge is 0.339 e. The minimum absolute atomic E-state index is 0.0879. The van der Waals surface area contributed by atoms with Gasteiger partial charge in [0.1, 0.15) is 0 Å². The zero-order valence-electron chi connectivity index (χ0n) is 11.3. The van der Waals surface area contributed by atoms with Crippen molar-refractivity contribution in [2.24, 2.45) is 17.8 Å². The molecule has 4 atom stereocenters. The molecule has 1 heterocycles. The topological polar surface area (TPSA) is 32.3 Å². The van der Waals surface area contributed by atoms with Crippen LogP contribution in [0.1, 0.15) is 34.1 Å². The first-order valence-corrected chi connectivity index (χ1v) is 6.42. The molecule has 1 fully saturated rings. The Morgan fingerprint density at radius 2 is 2.06 bits per heavy atom. The summed E-state index contributed by atoms with van der Waals surface area (Å²) in [5.41, 5.74) is 0. The molecule has 1 saturated heterocycles. The second-order valence-electron chi connectivity index (χ2n) is 5.51. The number of carbonyl (C=O) groups is 1. The van der Waals surface area contributed by atoms with Crippen LogP contribution in [0.15, 0.2) is 0 Å². The van der Waals surface area contributed by atoms with Crippen LogP contribution in [0.2, 0.25) is 0 Å². The van der Waals surface area contributed by atoms with E-state index in [1.807, 2.05) is 14.0 Å². The van der Waals surface area contributed by atoms with Crippen LogP contribution >= 0.6 is 0 Å². The van der Waals surface area contributed by atoms with Crippen molar-refractivity contribution in [1.29, 1.82) is 0 Å². The fourth-order valence-corrected chi connectivity index (χ4v) is 2.68. The molecule has 0 aromatic heterocycles. The minimum atomic E-state index is 0.0879. The summed E-state index contributed by atoms with van der Waals surface area (Å²) in [4.78, 5) is 14.4. The standard InChI is InChI=1S/C13H26N2O/c1-9-6-10(2)12(4)15(8-9)13(16)11(3)7-14-5/h9-12,14H,6-8H2,1-5H3. The van der Waals surface area contributed by atoms with Gasteiger partial charge in [-0.3, -0.25) is 4.79 Å². The first kappa shape index (κ1) is 13.5. The van der Waals surface area contributed by atoms with Crippen molar-refractivity contribution in [3.63, 3.8) is 0 Å². The highest BCUT2D eigenvalue weighted by atomic mass is 16.2. The zero-order chi connectivity index (χ0) is 12.3. The van der Waals surface area contributed by atoms with Gasteiger partial charge in [-0.05, 0) is 32.2 Å². The van der Waals surface area contributed by atoms with Crippen LogP contribution in [-0.4, -0.2) is 37.0 Å². The third-order valence-electron chi connectivity index (χ3n) is 3.81. The lowest BCUT2D eigenvalue weighted by molar-refractivity contribution is -0.140. The van der Waals surface area contributed by atoms with E-state index in [9.17, 15) is 4.79 Å². The average molecular weight is 226 g/mol. The summed E-state index contributed by atoms with van der Waals surface area (Å²) in [6, 6.07) is 0.392. The molecule has 4 unspecified atom stereocenters. The van der Waals surface area contributed by atoms with Crippen molar-refractivity contribution in [3.8, 4) is 0 Å². The number of carbonyl (C=O) groups excluding carboxylic acids is 1. The smallest absolute Gasteiger partial charge is 0.226 e. The summed E-state index contributed by atoms with van der Waals surface area (Å²) in [7, 11) is 1.90. The number of piperidine rings is 1. The van der Waals surface area contributed by atoms with Crippen molar-refractivity contribution >= 4 is 5.91 Å². The monoisotopic (exact) mass is 226 g/mol. The molecule has 1 amide bonds. The van der Waals surface area contributed by atoms with Crippen LogP contribution in [0, 0.1) is 17.8 Å². The first-order valence-electron chi connectivity index (χ1n) is 6.42. The second-order valence-corrected chi connectivity index (χ2v) is 5.51. The highest BCUT2D eigenvalue weighted by Gasteiger charge is 2.33. The van der Waals surface area contributed by atoms with Crippen LogP contribution in [0.25, 0.3) is 0 Å². The average Bonchev–Trinajstić information content (AvgIpc) is 2.22. The van der Waals surface area contributed by atoms with Gasteiger partial charge in [0.25, 0.3) is 0 Å². The van der Waals surface area contributed by atoms with E-state index in [0.717, 1.165) is 13.1 Å². The molecule has 0 aromatic rings. The maximum absolute atomic E-state index is 12.3. The van der Waals surface area contributed by atoms with Crippen molar-refractivity contribution in [1.82, 2.24) is 10.2 Å². The number of hydrogen-bond donors (Lipinski definition) is 1. The van der Waals surface area contributed by atoms with E-state index in [1.54, 1.807) is 0 Å². The van der Waals surface area contributed by atoms with Crippen LogP contribution in [0.4, 0.5) is 0 Å². The summed E-state index contributed by atoms with van der Waals surface area (Å²) in [6.07, 6.45) is 1.24. The van der Waals surface area contributed by atoms with Gasteiger partial charge in [0, 0.05) is 25.0 Å². The molecule has 1 N–H and O–H groups in total. The minimum Gasteiger partial charge on any atom is -0.339 e. The van der Waals surface area contributed by atoms with E-state index in [4.69, 9.17) is 0 Å². The maximum atomic E-state index is 12.3. The lowest BCUT2D eigenvalue weighted by atomic mass is 9.85. The molecule has 1 aliphatic rings. The Morgan fingerprint density at radius 1 is 1.44 bits per heavy atom. The molecular formula is C13H26N2O. The molecule has 3 heteroatoms. The number of rotatable bonds is 3. The molecular weight excluding hydrogens is 200 g/mol. The van der Waals surface area contributed by atoms with Gasteiger partial charge in [-0.1, -0.05) is 20.8 Å². The molecule has 0 aliphatic carbocycles. The Kier molecular flexibility index (Phi) is 4.78. The summed E-state index contributed by atoms with van der Waals surface area (Å²) >= 11 is 0. The highest BCUT2D eigenvalue weighted by molar-refractivity contribution is 5.79.